The SMILES string of the molecule is Cc1cc(C(=O)NCc2ccccc2OCC(C)C)nn1-c1ccccc1. The third-order valence-corrected chi connectivity index (χ3v) is 4.11. The Balaban J connectivity index is 1.69. The molecule has 0 atom stereocenters. The Labute approximate surface area is 160 Å². The highest BCUT2D eigenvalue weighted by Crippen LogP contribution is 2.19. The van der Waals surface area contributed by atoms with Gasteiger partial charge in [0.25, 0.3) is 5.91 Å². The average Bonchev–Trinajstić information content (AvgIpc) is 3.07. The van der Waals surface area contributed by atoms with Crippen LogP contribution in [0.15, 0.2) is 60.7 Å². The van der Waals surface area contributed by atoms with Gasteiger partial charge < -0.3 is 10.1 Å². The minimum Gasteiger partial charge on any atom is -0.493 e. The van der Waals surface area contributed by atoms with E-state index in [2.05, 4.69) is 24.3 Å². The lowest BCUT2D eigenvalue weighted by Crippen LogP contribution is -2.24. The Bertz CT molecular complexity index is 901. The number of aromatic nitrogens is 2. The van der Waals surface area contributed by atoms with E-state index in [1.807, 2.05) is 61.5 Å². The number of benzene rings is 2. The van der Waals surface area contributed by atoms with Crippen molar-refractivity contribution in [3.8, 4) is 11.4 Å². The maximum atomic E-state index is 12.6. The van der Waals surface area contributed by atoms with Crippen molar-refractivity contribution >= 4 is 5.91 Å². The number of aryl methyl sites for hydroxylation is 1. The van der Waals surface area contributed by atoms with Crippen LogP contribution in [0, 0.1) is 12.8 Å². The molecule has 0 spiro atoms. The Morgan fingerprint density at radius 2 is 1.81 bits per heavy atom. The quantitative estimate of drug-likeness (QED) is 0.686. The zero-order valence-corrected chi connectivity index (χ0v) is 16.0. The molecule has 5 heteroatoms. The van der Waals surface area contributed by atoms with Crippen LogP contribution in [-0.4, -0.2) is 22.3 Å². The van der Waals surface area contributed by atoms with Crippen LogP contribution in [0.4, 0.5) is 0 Å². The van der Waals surface area contributed by atoms with Crippen LogP contribution in [0.5, 0.6) is 5.75 Å². The first-order valence-electron chi connectivity index (χ1n) is 9.15. The molecule has 0 fully saturated rings. The Morgan fingerprint density at radius 1 is 1.11 bits per heavy atom. The summed E-state index contributed by atoms with van der Waals surface area (Å²) in [7, 11) is 0. The number of amides is 1. The molecule has 27 heavy (non-hydrogen) atoms. The van der Waals surface area contributed by atoms with Crippen LogP contribution < -0.4 is 10.1 Å². The van der Waals surface area contributed by atoms with E-state index in [1.165, 1.54) is 0 Å². The number of hydrogen-bond donors (Lipinski definition) is 1. The van der Waals surface area contributed by atoms with Crippen molar-refractivity contribution in [3.05, 3.63) is 77.6 Å². The molecule has 0 saturated heterocycles. The first kappa shape index (κ1) is 18.7. The van der Waals surface area contributed by atoms with Crippen LogP contribution in [0.3, 0.4) is 0 Å². The van der Waals surface area contributed by atoms with Crippen molar-refractivity contribution in [3.63, 3.8) is 0 Å². The summed E-state index contributed by atoms with van der Waals surface area (Å²) in [5, 5.41) is 7.39. The van der Waals surface area contributed by atoms with E-state index in [1.54, 1.807) is 10.7 Å². The van der Waals surface area contributed by atoms with Gasteiger partial charge in [-0.3, -0.25) is 4.79 Å². The molecule has 1 aromatic heterocycles. The lowest BCUT2D eigenvalue weighted by atomic mass is 10.2. The van der Waals surface area contributed by atoms with Gasteiger partial charge in [0.05, 0.1) is 12.3 Å². The van der Waals surface area contributed by atoms with E-state index in [0.29, 0.717) is 24.8 Å². The van der Waals surface area contributed by atoms with Gasteiger partial charge in [-0.05, 0) is 37.1 Å². The zero-order chi connectivity index (χ0) is 19.2. The second-order valence-corrected chi connectivity index (χ2v) is 6.91. The summed E-state index contributed by atoms with van der Waals surface area (Å²) in [6.45, 7) is 7.19. The summed E-state index contributed by atoms with van der Waals surface area (Å²) in [5.74, 6) is 1.04. The number of rotatable bonds is 7. The molecule has 0 radical (unpaired) electrons. The molecule has 0 aliphatic rings. The number of para-hydroxylation sites is 2. The number of hydrogen-bond acceptors (Lipinski definition) is 3. The van der Waals surface area contributed by atoms with E-state index in [9.17, 15) is 4.79 Å². The van der Waals surface area contributed by atoms with Gasteiger partial charge in [-0.2, -0.15) is 5.10 Å². The highest BCUT2D eigenvalue weighted by molar-refractivity contribution is 5.92. The lowest BCUT2D eigenvalue weighted by Gasteiger charge is -2.13. The third kappa shape index (κ3) is 4.76. The summed E-state index contributed by atoms with van der Waals surface area (Å²) >= 11 is 0. The van der Waals surface area contributed by atoms with Crippen molar-refractivity contribution in [2.24, 2.45) is 5.92 Å². The van der Waals surface area contributed by atoms with E-state index in [0.717, 1.165) is 22.7 Å². The number of carbonyl (C=O) groups excluding carboxylic acids is 1. The largest absolute Gasteiger partial charge is 0.493 e. The molecule has 0 aliphatic carbocycles. The van der Waals surface area contributed by atoms with Crippen LogP contribution in [0.2, 0.25) is 0 Å². The summed E-state index contributed by atoms with van der Waals surface area (Å²) in [4.78, 5) is 12.6. The summed E-state index contributed by atoms with van der Waals surface area (Å²) in [6, 6.07) is 19.3. The van der Waals surface area contributed by atoms with E-state index < -0.39 is 0 Å². The van der Waals surface area contributed by atoms with Crippen molar-refractivity contribution in [1.29, 1.82) is 0 Å². The molecule has 5 nitrogen and oxygen atoms in total. The van der Waals surface area contributed by atoms with Gasteiger partial charge in [-0.15, -0.1) is 0 Å². The maximum absolute atomic E-state index is 12.6. The third-order valence-electron chi connectivity index (χ3n) is 4.11. The first-order valence-corrected chi connectivity index (χ1v) is 9.15. The zero-order valence-electron chi connectivity index (χ0n) is 16.0. The Kier molecular flexibility index (Phi) is 5.91. The minimum atomic E-state index is -0.202. The van der Waals surface area contributed by atoms with Crippen LogP contribution in [-0.2, 0) is 6.54 Å². The van der Waals surface area contributed by atoms with Crippen molar-refractivity contribution in [1.82, 2.24) is 15.1 Å². The maximum Gasteiger partial charge on any atom is 0.272 e. The fourth-order valence-corrected chi connectivity index (χ4v) is 2.73. The van der Waals surface area contributed by atoms with Gasteiger partial charge in [0, 0.05) is 17.8 Å². The molecule has 1 amide bonds. The van der Waals surface area contributed by atoms with Crippen molar-refractivity contribution < 1.29 is 9.53 Å². The fourth-order valence-electron chi connectivity index (χ4n) is 2.73. The highest BCUT2D eigenvalue weighted by Gasteiger charge is 2.14. The lowest BCUT2D eigenvalue weighted by molar-refractivity contribution is 0.0945. The molecule has 3 rings (SSSR count). The van der Waals surface area contributed by atoms with Gasteiger partial charge in [-0.1, -0.05) is 50.2 Å². The minimum absolute atomic E-state index is 0.202. The molecule has 1 heterocycles. The number of ether oxygens (including phenoxy) is 1. The number of nitrogens with one attached hydrogen (secondary N) is 1. The molecule has 140 valence electrons. The second-order valence-electron chi connectivity index (χ2n) is 6.91. The summed E-state index contributed by atoms with van der Waals surface area (Å²) in [5.41, 5.74) is 3.19. The summed E-state index contributed by atoms with van der Waals surface area (Å²) in [6.07, 6.45) is 0. The number of carbonyl (C=O) groups is 1. The standard InChI is InChI=1S/C22H25N3O2/c1-16(2)15-27-21-12-8-7-9-18(21)14-23-22(26)20-13-17(3)25(24-20)19-10-5-4-6-11-19/h4-13,16H,14-15H2,1-3H3,(H,23,26). The van der Waals surface area contributed by atoms with E-state index in [4.69, 9.17) is 4.74 Å². The number of nitrogens with zero attached hydrogens (tertiary/aromatic N) is 2. The van der Waals surface area contributed by atoms with E-state index in [-0.39, 0.29) is 5.91 Å². The molecule has 1 N–H and O–H groups in total. The first-order chi connectivity index (χ1) is 13.0. The average molecular weight is 363 g/mol. The summed E-state index contributed by atoms with van der Waals surface area (Å²) < 4.78 is 7.62. The van der Waals surface area contributed by atoms with Gasteiger partial charge in [0.15, 0.2) is 5.69 Å². The topological polar surface area (TPSA) is 56.1 Å². The van der Waals surface area contributed by atoms with Crippen LogP contribution >= 0.6 is 0 Å². The molecule has 3 aromatic rings. The van der Waals surface area contributed by atoms with Gasteiger partial charge in [-0.25, -0.2) is 4.68 Å². The van der Waals surface area contributed by atoms with Crippen LogP contribution in [0.1, 0.15) is 35.6 Å². The predicted octanol–water partition coefficient (Wildman–Crippen LogP) is 4.15. The van der Waals surface area contributed by atoms with Gasteiger partial charge >= 0.3 is 0 Å². The van der Waals surface area contributed by atoms with Gasteiger partial charge in [0.2, 0.25) is 0 Å². The highest BCUT2D eigenvalue weighted by atomic mass is 16.5. The second kappa shape index (κ2) is 8.54. The Morgan fingerprint density at radius 3 is 2.56 bits per heavy atom. The fraction of sp³-hybridized carbons (Fsp3) is 0.273. The van der Waals surface area contributed by atoms with Gasteiger partial charge in [0.1, 0.15) is 5.75 Å². The predicted molar refractivity (Wildman–Crippen MR) is 106 cm³/mol. The molecule has 0 unspecified atom stereocenters. The molecular weight excluding hydrogens is 338 g/mol. The smallest absolute Gasteiger partial charge is 0.272 e. The normalized spacial score (nSPS) is 10.8. The van der Waals surface area contributed by atoms with E-state index >= 15 is 0 Å². The van der Waals surface area contributed by atoms with Crippen LogP contribution in [0.25, 0.3) is 5.69 Å². The molecular formula is C22H25N3O2. The molecule has 0 aliphatic heterocycles. The molecule has 2 aromatic carbocycles. The molecule has 0 saturated carbocycles. The van der Waals surface area contributed by atoms with Crippen molar-refractivity contribution in [2.45, 2.75) is 27.3 Å². The monoisotopic (exact) mass is 363 g/mol. The van der Waals surface area contributed by atoms with Crippen molar-refractivity contribution in [2.75, 3.05) is 6.61 Å². The molecule has 0 bridgehead atoms. The Hall–Kier alpha value is -3.08.